The molecule has 2 aromatic rings. The van der Waals surface area contributed by atoms with Crippen LogP contribution >= 0.6 is 11.3 Å². The number of carbonyl (C=O) groups excluding carboxylic acids is 1. The SMILES string of the molecule is Cc1ccc(NC(=O)/C=C/c2ccc([N+](=O)[O-])s2)c(C)c1. The molecule has 0 bridgehead atoms. The maximum atomic E-state index is 11.8. The van der Waals surface area contributed by atoms with E-state index in [-0.39, 0.29) is 10.9 Å². The molecule has 0 aliphatic rings. The Labute approximate surface area is 126 Å². The summed E-state index contributed by atoms with van der Waals surface area (Å²) in [5, 5.41) is 13.4. The molecule has 0 fully saturated rings. The standard InChI is InChI=1S/C15H14N2O3S/c1-10-3-6-13(11(2)9-10)16-14(18)7-4-12-5-8-15(21-12)17(19)20/h3-9H,1-2H3,(H,16,18)/b7-4+. The fourth-order valence-electron chi connectivity index (χ4n) is 1.82. The monoisotopic (exact) mass is 302 g/mol. The molecular weight excluding hydrogens is 288 g/mol. The number of nitrogens with zero attached hydrogens (tertiary/aromatic N) is 1. The van der Waals surface area contributed by atoms with Crippen LogP contribution in [0.1, 0.15) is 16.0 Å². The number of rotatable bonds is 4. The minimum absolute atomic E-state index is 0.0597. The highest BCUT2D eigenvalue weighted by molar-refractivity contribution is 7.16. The second-order valence-corrected chi connectivity index (χ2v) is 5.67. The molecule has 1 N–H and O–H groups in total. The van der Waals surface area contributed by atoms with Gasteiger partial charge in [0.25, 0.3) is 0 Å². The molecule has 108 valence electrons. The second-order valence-electron chi connectivity index (χ2n) is 4.57. The molecule has 0 spiro atoms. The summed E-state index contributed by atoms with van der Waals surface area (Å²) < 4.78 is 0. The molecule has 1 heterocycles. The van der Waals surface area contributed by atoms with Crippen molar-refractivity contribution >= 4 is 34.0 Å². The summed E-state index contributed by atoms with van der Waals surface area (Å²) in [4.78, 5) is 22.6. The molecule has 0 atom stereocenters. The zero-order chi connectivity index (χ0) is 15.4. The van der Waals surface area contributed by atoms with Crippen LogP contribution in [-0.4, -0.2) is 10.8 Å². The molecule has 0 saturated heterocycles. The van der Waals surface area contributed by atoms with Crippen LogP contribution in [-0.2, 0) is 4.79 Å². The molecule has 0 aliphatic carbocycles. The Kier molecular flexibility index (Phi) is 4.49. The maximum Gasteiger partial charge on any atom is 0.324 e. The van der Waals surface area contributed by atoms with Crippen molar-refractivity contribution in [3.8, 4) is 0 Å². The number of nitrogens with one attached hydrogen (secondary N) is 1. The quantitative estimate of drug-likeness (QED) is 0.528. The Hall–Kier alpha value is -2.47. The number of thiophene rings is 1. The highest BCUT2D eigenvalue weighted by atomic mass is 32.1. The first-order valence-electron chi connectivity index (χ1n) is 6.26. The largest absolute Gasteiger partial charge is 0.324 e. The first-order valence-corrected chi connectivity index (χ1v) is 7.08. The number of carbonyl (C=O) groups is 1. The summed E-state index contributed by atoms with van der Waals surface area (Å²) in [6, 6.07) is 8.80. The maximum absolute atomic E-state index is 11.8. The van der Waals surface area contributed by atoms with Crippen LogP contribution in [0, 0.1) is 24.0 Å². The van der Waals surface area contributed by atoms with Gasteiger partial charge < -0.3 is 5.32 Å². The average Bonchev–Trinajstić information content (AvgIpc) is 2.89. The molecule has 0 radical (unpaired) electrons. The minimum atomic E-state index is -0.447. The van der Waals surface area contributed by atoms with E-state index >= 15 is 0 Å². The van der Waals surface area contributed by atoms with Crippen molar-refractivity contribution in [2.75, 3.05) is 5.32 Å². The van der Waals surface area contributed by atoms with Gasteiger partial charge in [-0.2, -0.15) is 0 Å². The number of hydrogen-bond donors (Lipinski definition) is 1. The fraction of sp³-hybridized carbons (Fsp3) is 0.133. The van der Waals surface area contributed by atoms with Gasteiger partial charge in [-0.25, -0.2) is 0 Å². The van der Waals surface area contributed by atoms with Gasteiger partial charge >= 0.3 is 5.00 Å². The van der Waals surface area contributed by atoms with E-state index in [1.54, 1.807) is 12.1 Å². The lowest BCUT2D eigenvalue weighted by Gasteiger charge is -2.06. The number of anilines is 1. The zero-order valence-electron chi connectivity index (χ0n) is 11.6. The van der Waals surface area contributed by atoms with Crippen LogP contribution in [0.2, 0.25) is 0 Å². The van der Waals surface area contributed by atoms with Crippen LogP contribution in [0.15, 0.2) is 36.4 Å². The summed E-state index contributed by atoms with van der Waals surface area (Å²) in [6.07, 6.45) is 2.94. The van der Waals surface area contributed by atoms with Crippen molar-refractivity contribution in [2.24, 2.45) is 0 Å². The van der Waals surface area contributed by atoms with Crippen LogP contribution < -0.4 is 5.32 Å². The molecule has 0 aliphatic heterocycles. The smallest absolute Gasteiger partial charge is 0.322 e. The minimum Gasteiger partial charge on any atom is -0.322 e. The van der Waals surface area contributed by atoms with Crippen LogP contribution in [0.25, 0.3) is 6.08 Å². The lowest BCUT2D eigenvalue weighted by atomic mass is 10.1. The second kappa shape index (κ2) is 6.32. The van der Waals surface area contributed by atoms with Crippen molar-refractivity contribution in [3.63, 3.8) is 0 Å². The van der Waals surface area contributed by atoms with Gasteiger partial charge in [0.1, 0.15) is 0 Å². The van der Waals surface area contributed by atoms with E-state index in [0.29, 0.717) is 4.88 Å². The van der Waals surface area contributed by atoms with Gasteiger partial charge in [0.15, 0.2) is 0 Å². The molecule has 1 amide bonds. The van der Waals surface area contributed by atoms with E-state index in [9.17, 15) is 14.9 Å². The third-order valence-corrected chi connectivity index (χ3v) is 3.83. The summed E-state index contributed by atoms with van der Waals surface area (Å²) in [5.74, 6) is -0.266. The Balaban J connectivity index is 2.03. The molecule has 2 rings (SSSR count). The van der Waals surface area contributed by atoms with Gasteiger partial charge in [-0.15, -0.1) is 0 Å². The van der Waals surface area contributed by atoms with Crippen LogP contribution in [0.3, 0.4) is 0 Å². The molecular formula is C15H14N2O3S. The van der Waals surface area contributed by atoms with E-state index in [4.69, 9.17) is 0 Å². The van der Waals surface area contributed by atoms with Crippen LogP contribution in [0.4, 0.5) is 10.7 Å². The Morgan fingerprint density at radius 1 is 1.29 bits per heavy atom. The van der Waals surface area contributed by atoms with E-state index in [2.05, 4.69) is 5.32 Å². The lowest BCUT2D eigenvalue weighted by molar-refractivity contribution is -0.380. The van der Waals surface area contributed by atoms with Crippen molar-refractivity contribution in [1.29, 1.82) is 0 Å². The number of aryl methyl sites for hydroxylation is 2. The normalized spacial score (nSPS) is 10.8. The highest BCUT2D eigenvalue weighted by Crippen LogP contribution is 2.24. The first-order chi connectivity index (χ1) is 9.95. The third-order valence-electron chi connectivity index (χ3n) is 2.83. The predicted molar refractivity (Wildman–Crippen MR) is 84.6 cm³/mol. The Morgan fingerprint density at radius 2 is 2.05 bits per heavy atom. The van der Waals surface area contributed by atoms with Gasteiger partial charge in [-0.05, 0) is 37.6 Å². The highest BCUT2D eigenvalue weighted by Gasteiger charge is 2.08. The van der Waals surface area contributed by atoms with E-state index in [1.807, 2.05) is 32.0 Å². The van der Waals surface area contributed by atoms with Crippen LogP contribution in [0.5, 0.6) is 0 Å². The number of benzene rings is 1. The molecule has 21 heavy (non-hydrogen) atoms. The summed E-state index contributed by atoms with van der Waals surface area (Å²) in [6.45, 7) is 3.91. The van der Waals surface area contributed by atoms with Gasteiger partial charge in [-0.3, -0.25) is 14.9 Å². The molecule has 0 unspecified atom stereocenters. The van der Waals surface area contributed by atoms with E-state index < -0.39 is 4.92 Å². The predicted octanol–water partition coefficient (Wildman–Crippen LogP) is 3.93. The van der Waals surface area contributed by atoms with Gasteiger partial charge in [0.05, 0.1) is 4.92 Å². The Morgan fingerprint density at radius 3 is 2.67 bits per heavy atom. The summed E-state index contributed by atoms with van der Waals surface area (Å²) in [7, 11) is 0. The van der Waals surface area contributed by atoms with Crippen molar-refractivity contribution in [3.05, 3.63) is 62.5 Å². The molecule has 0 saturated carbocycles. The van der Waals surface area contributed by atoms with E-state index in [0.717, 1.165) is 28.2 Å². The summed E-state index contributed by atoms with van der Waals surface area (Å²) >= 11 is 1.03. The third kappa shape index (κ3) is 4.00. The summed E-state index contributed by atoms with van der Waals surface area (Å²) in [5.41, 5.74) is 2.88. The van der Waals surface area contributed by atoms with Crippen molar-refractivity contribution in [1.82, 2.24) is 0 Å². The molecule has 5 nitrogen and oxygen atoms in total. The van der Waals surface area contributed by atoms with Gasteiger partial charge in [0.2, 0.25) is 5.91 Å². The lowest BCUT2D eigenvalue weighted by Crippen LogP contribution is -2.08. The number of hydrogen-bond acceptors (Lipinski definition) is 4. The molecule has 6 heteroatoms. The zero-order valence-corrected chi connectivity index (χ0v) is 12.4. The van der Waals surface area contributed by atoms with Gasteiger partial charge in [0, 0.05) is 22.7 Å². The molecule has 1 aromatic heterocycles. The van der Waals surface area contributed by atoms with Gasteiger partial charge in [-0.1, -0.05) is 29.0 Å². The topological polar surface area (TPSA) is 72.2 Å². The van der Waals surface area contributed by atoms with Crippen molar-refractivity contribution < 1.29 is 9.72 Å². The fourth-order valence-corrected chi connectivity index (χ4v) is 2.54. The molecule has 1 aromatic carbocycles. The average molecular weight is 302 g/mol. The number of nitro groups is 1. The Bertz CT molecular complexity index is 719. The van der Waals surface area contributed by atoms with E-state index in [1.165, 1.54) is 12.1 Å². The number of amides is 1. The van der Waals surface area contributed by atoms with Crippen molar-refractivity contribution in [2.45, 2.75) is 13.8 Å². The first kappa shape index (κ1) is 14.9.